The molecule has 0 saturated carbocycles. The molecular formula is C13H14OS. The largest absolute Gasteiger partial charge is 0.383 e. The molecule has 15 heavy (non-hydrogen) atoms. The lowest BCUT2D eigenvalue weighted by molar-refractivity contribution is 0.223. The van der Waals surface area contributed by atoms with Crippen molar-refractivity contribution in [2.24, 2.45) is 0 Å². The van der Waals surface area contributed by atoms with Crippen LogP contribution in [0.4, 0.5) is 0 Å². The van der Waals surface area contributed by atoms with Gasteiger partial charge in [-0.3, -0.25) is 0 Å². The van der Waals surface area contributed by atoms with Gasteiger partial charge in [0.1, 0.15) is 6.10 Å². The zero-order valence-corrected chi connectivity index (χ0v) is 9.71. The van der Waals surface area contributed by atoms with Crippen molar-refractivity contribution in [3.05, 3.63) is 57.3 Å². The summed E-state index contributed by atoms with van der Waals surface area (Å²) in [5.74, 6) is 0. The maximum absolute atomic E-state index is 10.2. The Hall–Kier alpha value is -1.12. The van der Waals surface area contributed by atoms with Crippen LogP contribution in [0.1, 0.15) is 27.7 Å². The van der Waals surface area contributed by atoms with Gasteiger partial charge in [0.2, 0.25) is 0 Å². The van der Waals surface area contributed by atoms with Crippen molar-refractivity contribution in [3.63, 3.8) is 0 Å². The Balaban J connectivity index is 2.38. The van der Waals surface area contributed by atoms with Crippen molar-refractivity contribution in [2.75, 3.05) is 0 Å². The molecule has 2 aromatic rings. The van der Waals surface area contributed by atoms with E-state index in [1.165, 1.54) is 5.56 Å². The standard InChI is InChI=1S/C13H14OS/c1-9-5-6-11(10(2)8-9)13(14)12-4-3-7-15-12/h3-8,13-14H,1-2H3/t13-/m1/s1. The van der Waals surface area contributed by atoms with E-state index in [2.05, 4.69) is 13.0 Å². The minimum absolute atomic E-state index is 0.481. The van der Waals surface area contributed by atoms with Crippen LogP contribution in [0.5, 0.6) is 0 Å². The van der Waals surface area contributed by atoms with Crippen molar-refractivity contribution in [1.82, 2.24) is 0 Å². The van der Waals surface area contributed by atoms with Gasteiger partial charge in [0.25, 0.3) is 0 Å². The summed E-state index contributed by atoms with van der Waals surface area (Å²) in [4.78, 5) is 1.00. The topological polar surface area (TPSA) is 20.2 Å². The molecule has 2 heteroatoms. The molecular weight excluding hydrogens is 204 g/mol. The highest BCUT2D eigenvalue weighted by atomic mass is 32.1. The number of hydrogen-bond acceptors (Lipinski definition) is 2. The summed E-state index contributed by atoms with van der Waals surface area (Å²) in [6, 6.07) is 10.1. The maximum Gasteiger partial charge on any atom is 0.113 e. The van der Waals surface area contributed by atoms with Gasteiger partial charge in [-0.25, -0.2) is 0 Å². The van der Waals surface area contributed by atoms with Gasteiger partial charge in [0.05, 0.1) is 0 Å². The Morgan fingerprint density at radius 2 is 2.00 bits per heavy atom. The summed E-state index contributed by atoms with van der Waals surface area (Å²) >= 11 is 1.59. The molecule has 0 spiro atoms. The third-order valence-corrected chi connectivity index (χ3v) is 3.46. The van der Waals surface area contributed by atoms with Crippen LogP contribution in [0.15, 0.2) is 35.7 Å². The average Bonchev–Trinajstić information content (AvgIpc) is 2.69. The Bertz CT molecular complexity index is 446. The molecule has 1 heterocycles. The number of aryl methyl sites for hydroxylation is 2. The van der Waals surface area contributed by atoms with E-state index in [1.807, 2.05) is 36.6 Å². The van der Waals surface area contributed by atoms with Crippen molar-refractivity contribution in [2.45, 2.75) is 20.0 Å². The van der Waals surface area contributed by atoms with Crippen molar-refractivity contribution < 1.29 is 5.11 Å². The third kappa shape index (κ3) is 2.11. The lowest BCUT2D eigenvalue weighted by Gasteiger charge is -2.12. The second-order valence-electron chi connectivity index (χ2n) is 3.78. The fourth-order valence-corrected chi connectivity index (χ4v) is 2.46. The lowest BCUT2D eigenvalue weighted by Crippen LogP contribution is -1.99. The van der Waals surface area contributed by atoms with Gasteiger partial charge in [-0.2, -0.15) is 0 Å². The van der Waals surface area contributed by atoms with Gasteiger partial charge in [-0.05, 0) is 36.4 Å². The minimum atomic E-state index is -0.481. The van der Waals surface area contributed by atoms with Crippen LogP contribution in [0.2, 0.25) is 0 Å². The van der Waals surface area contributed by atoms with Gasteiger partial charge in [0.15, 0.2) is 0 Å². The molecule has 0 bridgehead atoms. The Kier molecular flexibility index (Phi) is 2.89. The molecule has 0 aliphatic carbocycles. The summed E-state index contributed by atoms with van der Waals surface area (Å²) in [5.41, 5.74) is 3.38. The van der Waals surface area contributed by atoms with Crippen molar-refractivity contribution in [3.8, 4) is 0 Å². The maximum atomic E-state index is 10.2. The summed E-state index contributed by atoms with van der Waals surface area (Å²) in [7, 11) is 0. The number of benzene rings is 1. The fourth-order valence-electron chi connectivity index (χ4n) is 1.73. The van der Waals surface area contributed by atoms with E-state index in [0.29, 0.717) is 0 Å². The Labute approximate surface area is 94.0 Å². The van der Waals surface area contributed by atoms with Crippen LogP contribution in [0.25, 0.3) is 0 Å². The van der Waals surface area contributed by atoms with Crippen LogP contribution in [0, 0.1) is 13.8 Å². The monoisotopic (exact) mass is 218 g/mol. The van der Waals surface area contributed by atoms with Crippen LogP contribution >= 0.6 is 11.3 Å². The molecule has 1 N–H and O–H groups in total. The molecule has 0 unspecified atom stereocenters. The van der Waals surface area contributed by atoms with E-state index >= 15 is 0 Å². The summed E-state index contributed by atoms with van der Waals surface area (Å²) in [6.07, 6.45) is -0.481. The minimum Gasteiger partial charge on any atom is -0.383 e. The van der Waals surface area contributed by atoms with Crippen LogP contribution < -0.4 is 0 Å². The highest BCUT2D eigenvalue weighted by molar-refractivity contribution is 7.10. The van der Waals surface area contributed by atoms with Gasteiger partial charge in [-0.1, -0.05) is 29.8 Å². The lowest BCUT2D eigenvalue weighted by atomic mass is 10.0. The van der Waals surface area contributed by atoms with E-state index in [9.17, 15) is 5.11 Å². The first-order chi connectivity index (χ1) is 7.18. The summed E-state index contributed by atoms with van der Waals surface area (Å²) in [5, 5.41) is 12.2. The predicted molar refractivity (Wildman–Crippen MR) is 64.3 cm³/mol. The smallest absolute Gasteiger partial charge is 0.113 e. The quantitative estimate of drug-likeness (QED) is 0.818. The van der Waals surface area contributed by atoms with E-state index in [-0.39, 0.29) is 0 Å². The predicted octanol–water partition coefficient (Wildman–Crippen LogP) is 3.45. The zero-order chi connectivity index (χ0) is 10.8. The van der Waals surface area contributed by atoms with Gasteiger partial charge < -0.3 is 5.11 Å². The molecule has 1 aromatic heterocycles. The molecule has 1 aromatic carbocycles. The number of thiophene rings is 1. The van der Waals surface area contributed by atoms with Crippen molar-refractivity contribution >= 4 is 11.3 Å². The van der Waals surface area contributed by atoms with Crippen molar-refractivity contribution in [1.29, 1.82) is 0 Å². The van der Waals surface area contributed by atoms with Gasteiger partial charge in [0, 0.05) is 4.88 Å². The van der Waals surface area contributed by atoms with E-state index in [4.69, 9.17) is 0 Å². The highest BCUT2D eigenvalue weighted by Crippen LogP contribution is 2.28. The molecule has 0 radical (unpaired) electrons. The first kappa shape index (κ1) is 10.4. The second kappa shape index (κ2) is 4.17. The van der Waals surface area contributed by atoms with Crippen LogP contribution in [-0.2, 0) is 0 Å². The van der Waals surface area contributed by atoms with E-state index < -0.39 is 6.10 Å². The SMILES string of the molecule is Cc1ccc([C@@H](O)c2cccs2)c(C)c1. The molecule has 2 rings (SSSR count). The molecule has 0 saturated heterocycles. The van der Waals surface area contributed by atoms with Gasteiger partial charge >= 0.3 is 0 Å². The molecule has 0 aliphatic rings. The van der Waals surface area contributed by atoms with E-state index in [0.717, 1.165) is 16.0 Å². The Morgan fingerprint density at radius 1 is 1.20 bits per heavy atom. The van der Waals surface area contributed by atoms with Crippen LogP contribution in [-0.4, -0.2) is 5.11 Å². The first-order valence-electron chi connectivity index (χ1n) is 4.97. The highest BCUT2D eigenvalue weighted by Gasteiger charge is 2.13. The molecule has 1 atom stereocenters. The summed E-state index contributed by atoms with van der Waals surface area (Å²) < 4.78 is 0. The van der Waals surface area contributed by atoms with Gasteiger partial charge in [-0.15, -0.1) is 11.3 Å². The molecule has 78 valence electrons. The number of rotatable bonds is 2. The molecule has 0 aliphatic heterocycles. The first-order valence-corrected chi connectivity index (χ1v) is 5.85. The Morgan fingerprint density at radius 3 is 2.60 bits per heavy atom. The zero-order valence-electron chi connectivity index (χ0n) is 8.90. The normalized spacial score (nSPS) is 12.7. The average molecular weight is 218 g/mol. The van der Waals surface area contributed by atoms with Crippen LogP contribution in [0.3, 0.4) is 0 Å². The summed E-state index contributed by atoms with van der Waals surface area (Å²) in [6.45, 7) is 4.10. The number of aliphatic hydroxyl groups is 1. The fraction of sp³-hybridized carbons (Fsp3) is 0.231. The number of hydrogen-bond donors (Lipinski definition) is 1. The third-order valence-electron chi connectivity index (χ3n) is 2.53. The molecule has 1 nitrogen and oxygen atoms in total. The van der Waals surface area contributed by atoms with E-state index in [1.54, 1.807) is 11.3 Å². The second-order valence-corrected chi connectivity index (χ2v) is 4.76. The molecule has 0 amide bonds. The number of aliphatic hydroxyl groups excluding tert-OH is 1. The molecule has 0 fully saturated rings.